The molecule has 0 unspecified atom stereocenters. The fourth-order valence-electron chi connectivity index (χ4n) is 2.19. The Morgan fingerprint density at radius 3 is 2.53 bits per heavy atom. The summed E-state index contributed by atoms with van der Waals surface area (Å²) in [6, 6.07) is 0. The molecule has 0 aromatic carbocycles. The van der Waals surface area contributed by atoms with E-state index >= 15 is 0 Å². The van der Waals surface area contributed by atoms with Crippen LogP contribution in [0.15, 0.2) is 0 Å². The second-order valence-corrected chi connectivity index (χ2v) is 4.96. The zero-order valence-electron chi connectivity index (χ0n) is 12.1. The summed E-state index contributed by atoms with van der Waals surface area (Å²) in [5.74, 6) is 0.117. The fourth-order valence-corrected chi connectivity index (χ4v) is 2.19. The molecule has 0 saturated carbocycles. The van der Waals surface area contributed by atoms with E-state index in [0.29, 0.717) is 19.7 Å². The van der Waals surface area contributed by atoms with E-state index < -0.39 is 0 Å². The van der Waals surface area contributed by atoms with Crippen LogP contribution in [0.2, 0.25) is 0 Å². The van der Waals surface area contributed by atoms with Crippen molar-refractivity contribution in [3.05, 3.63) is 0 Å². The van der Waals surface area contributed by atoms with Gasteiger partial charge in [-0.25, -0.2) is 0 Å². The lowest BCUT2D eigenvalue weighted by atomic mass is 10.3. The van der Waals surface area contributed by atoms with Crippen molar-refractivity contribution in [2.24, 2.45) is 5.73 Å². The second-order valence-electron chi connectivity index (χ2n) is 4.96. The van der Waals surface area contributed by atoms with Gasteiger partial charge >= 0.3 is 0 Å². The molecule has 1 rings (SSSR count). The number of nitrogens with two attached hydrogens (primary N) is 1. The van der Waals surface area contributed by atoms with Crippen LogP contribution in [0, 0.1) is 0 Å². The van der Waals surface area contributed by atoms with E-state index in [4.69, 9.17) is 10.5 Å². The summed E-state index contributed by atoms with van der Waals surface area (Å²) < 4.78 is 4.94. The smallest absolute Gasteiger partial charge is 0.234 e. The van der Waals surface area contributed by atoms with E-state index in [2.05, 4.69) is 15.1 Å². The van der Waals surface area contributed by atoms with Gasteiger partial charge in [0.1, 0.15) is 0 Å². The molecule has 6 heteroatoms. The van der Waals surface area contributed by atoms with Crippen molar-refractivity contribution in [3.63, 3.8) is 0 Å². The molecule has 0 bridgehead atoms. The van der Waals surface area contributed by atoms with Crippen molar-refractivity contribution in [3.8, 4) is 0 Å². The van der Waals surface area contributed by atoms with Crippen molar-refractivity contribution < 1.29 is 9.53 Å². The van der Waals surface area contributed by atoms with Crippen LogP contribution in [-0.4, -0.2) is 81.8 Å². The number of ether oxygens (including phenoxy) is 1. The molecule has 0 radical (unpaired) electrons. The maximum Gasteiger partial charge on any atom is 0.234 e. The van der Waals surface area contributed by atoms with Gasteiger partial charge in [0, 0.05) is 46.4 Å². The molecule has 19 heavy (non-hydrogen) atoms. The summed E-state index contributed by atoms with van der Waals surface area (Å²) in [6.07, 6.45) is 1.93. The first-order valence-corrected chi connectivity index (χ1v) is 7.16. The number of rotatable bonds is 9. The molecule has 1 aliphatic rings. The molecule has 1 saturated heterocycles. The Hall–Kier alpha value is -0.690. The Morgan fingerprint density at radius 1 is 1.21 bits per heavy atom. The molecule has 0 aromatic rings. The Bertz CT molecular complexity index is 243. The van der Waals surface area contributed by atoms with Crippen LogP contribution in [-0.2, 0) is 9.53 Å². The maximum atomic E-state index is 11.7. The zero-order chi connectivity index (χ0) is 13.9. The lowest BCUT2D eigenvalue weighted by molar-refractivity contribution is -0.122. The lowest BCUT2D eigenvalue weighted by Gasteiger charge is -2.34. The van der Waals surface area contributed by atoms with Gasteiger partial charge in [-0.15, -0.1) is 0 Å². The number of nitrogens with one attached hydrogen (secondary N) is 1. The highest BCUT2D eigenvalue weighted by molar-refractivity contribution is 5.77. The third-order valence-corrected chi connectivity index (χ3v) is 3.36. The summed E-state index contributed by atoms with van der Waals surface area (Å²) in [7, 11) is 1.67. The summed E-state index contributed by atoms with van der Waals surface area (Å²) in [5, 5.41) is 2.92. The van der Waals surface area contributed by atoms with Crippen LogP contribution in [0.5, 0.6) is 0 Å². The predicted molar refractivity (Wildman–Crippen MR) is 76.1 cm³/mol. The first-order valence-electron chi connectivity index (χ1n) is 7.16. The van der Waals surface area contributed by atoms with Gasteiger partial charge in [0.15, 0.2) is 0 Å². The number of methoxy groups -OCH3 is 1. The summed E-state index contributed by atoms with van der Waals surface area (Å²) in [4.78, 5) is 16.3. The second kappa shape index (κ2) is 10.1. The minimum atomic E-state index is 0.117. The van der Waals surface area contributed by atoms with E-state index in [-0.39, 0.29) is 5.91 Å². The predicted octanol–water partition coefficient (Wildman–Crippen LogP) is -0.894. The van der Waals surface area contributed by atoms with Crippen molar-refractivity contribution in [2.45, 2.75) is 12.8 Å². The third-order valence-electron chi connectivity index (χ3n) is 3.36. The number of hydrogen-bond donors (Lipinski definition) is 2. The van der Waals surface area contributed by atoms with Crippen LogP contribution < -0.4 is 11.1 Å². The number of hydrogen-bond acceptors (Lipinski definition) is 5. The largest absolute Gasteiger partial charge is 0.385 e. The van der Waals surface area contributed by atoms with Crippen LogP contribution in [0.3, 0.4) is 0 Å². The highest BCUT2D eigenvalue weighted by Gasteiger charge is 2.18. The first kappa shape index (κ1) is 16.4. The number of carbonyl (C=O) groups is 1. The standard InChI is InChI=1S/C13H28N4O2/c1-19-11-3-5-15-13(18)12-17-9-7-16(8-10-17)6-2-4-14/h2-12,14H2,1H3,(H,15,18). The SMILES string of the molecule is COCCCNC(=O)CN1CCN(CCCN)CC1. The van der Waals surface area contributed by atoms with Gasteiger partial charge in [0.2, 0.25) is 5.91 Å². The molecule has 6 nitrogen and oxygen atoms in total. The highest BCUT2D eigenvalue weighted by atomic mass is 16.5. The molecule has 0 aliphatic carbocycles. The molecule has 0 aromatic heterocycles. The Balaban J connectivity index is 2.06. The van der Waals surface area contributed by atoms with Crippen molar-refractivity contribution in [2.75, 3.05) is 66.1 Å². The number of carbonyl (C=O) groups excluding carboxylic acids is 1. The number of amides is 1. The normalized spacial score (nSPS) is 17.6. The molecule has 112 valence electrons. The molecule has 1 fully saturated rings. The Kier molecular flexibility index (Phi) is 8.73. The minimum Gasteiger partial charge on any atom is -0.385 e. The van der Waals surface area contributed by atoms with Gasteiger partial charge in [-0.1, -0.05) is 0 Å². The summed E-state index contributed by atoms with van der Waals surface area (Å²) >= 11 is 0. The fraction of sp³-hybridized carbons (Fsp3) is 0.923. The summed E-state index contributed by atoms with van der Waals surface area (Å²) in [6.45, 7) is 7.75. The quantitative estimate of drug-likeness (QED) is 0.533. The summed E-state index contributed by atoms with van der Waals surface area (Å²) in [5.41, 5.74) is 5.51. The van der Waals surface area contributed by atoms with E-state index in [0.717, 1.165) is 52.1 Å². The van der Waals surface area contributed by atoms with E-state index in [1.807, 2.05) is 0 Å². The van der Waals surface area contributed by atoms with Gasteiger partial charge in [0.05, 0.1) is 6.54 Å². The molecular weight excluding hydrogens is 244 g/mol. The number of nitrogens with zero attached hydrogens (tertiary/aromatic N) is 2. The molecule has 0 spiro atoms. The molecule has 1 aliphatic heterocycles. The Labute approximate surface area is 116 Å². The van der Waals surface area contributed by atoms with E-state index in [9.17, 15) is 4.79 Å². The lowest BCUT2D eigenvalue weighted by Crippen LogP contribution is -2.49. The van der Waals surface area contributed by atoms with Crippen LogP contribution in [0.4, 0.5) is 0 Å². The third kappa shape index (κ3) is 7.47. The topological polar surface area (TPSA) is 70.8 Å². The van der Waals surface area contributed by atoms with Crippen molar-refractivity contribution in [1.29, 1.82) is 0 Å². The van der Waals surface area contributed by atoms with Gasteiger partial charge < -0.3 is 20.7 Å². The van der Waals surface area contributed by atoms with Crippen LogP contribution in [0.25, 0.3) is 0 Å². The van der Waals surface area contributed by atoms with Gasteiger partial charge in [0.25, 0.3) is 0 Å². The molecule has 3 N–H and O–H groups in total. The van der Waals surface area contributed by atoms with E-state index in [1.54, 1.807) is 7.11 Å². The Morgan fingerprint density at radius 2 is 1.89 bits per heavy atom. The van der Waals surface area contributed by atoms with E-state index in [1.165, 1.54) is 0 Å². The maximum absolute atomic E-state index is 11.7. The van der Waals surface area contributed by atoms with Crippen LogP contribution in [0.1, 0.15) is 12.8 Å². The van der Waals surface area contributed by atoms with Crippen molar-refractivity contribution >= 4 is 5.91 Å². The van der Waals surface area contributed by atoms with Gasteiger partial charge in [-0.3, -0.25) is 9.69 Å². The minimum absolute atomic E-state index is 0.117. The highest BCUT2D eigenvalue weighted by Crippen LogP contribution is 2.01. The zero-order valence-corrected chi connectivity index (χ0v) is 12.1. The first-order chi connectivity index (χ1) is 9.26. The van der Waals surface area contributed by atoms with Crippen molar-refractivity contribution in [1.82, 2.24) is 15.1 Å². The average molecular weight is 272 g/mol. The monoisotopic (exact) mass is 272 g/mol. The molecule has 0 atom stereocenters. The average Bonchev–Trinajstić information content (AvgIpc) is 2.43. The number of piperazine rings is 1. The molecule has 1 amide bonds. The van der Waals surface area contributed by atoms with Gasteiger partial charge in [-0.2, -0.15) is 0 Å². The molecular formula is C13H28N4O2. The van der Waals surface area contributed by atoms with Gasteiger partial charge in [-0.05, 0) is 25.9 Å². The molecule has 1 heterocycles. The van der Waals surface area contributed by atoms with Crippen LogP contribution >= 0.6 is 0 Å².